The van der Waals surface area contributed by atoms with Crippen LogP contribution in [0.1, 0.15) is 0 Å². The smallest absolute Gasteiger partial charge is 0.209 e. The Bertz CT molecular complexity index is 1020. The number of sulfone groups is 1. The van der Waals surface area contributed by atoms with Crippen molar-refractivity contribution in [3.8, 4) is 0 Å². The zero-order valence-electron chi connectivity index (χ0n) is 11.2. The highest BCUT2D eigenvalue weighted by molar-refractivity contribution is 7.91. The summed E-state index contributed by atoms with van der Waals surface area (Å²) in [5.41, 5.74) is 0.263. The minimum absolute atomic E-state index is 0.122. The predicted molar refractivity (Wildman–Crippen MR) is 83.6 cm³/mol. The standard InChI is InChI=1S/C15H7Cl2F2NO2S/c16-11-6-13-10(5-12(11)19)15(17)14(7-20-13)23(21,22)9-3-1-8(18)2-4-9/h1-7H. The van der Waals surface area contributed by atoms with E-state index in [1.807, 2.05) is 0 Å². The molecule has 0 atom stereocenters. The third kappa shape index (κ3) is 2.78. The van der Waals surface area contributed by atoms with Gasteiger partial charge in [0.15, 0.2) is 0 Å². The van der Waals surface area contributed by atoms with Gasteiger partial charge in [-0.15, -0.1) is 0 Å². The molecule has 0 aliphatic rings. The highest BCUT2D eigenvalue weighted by Crippen LogP contribution is 2.34. The quantitative estimate of drug-likeness (QED) is 0.614. The van der Waals surface area contributed by atoms with Gasteiger partial charge in [0.05, 0.1) is 20.5 Å². The second-order valence-electron chi connectivity index (χ2n) is 4.68. The van der Waals surface area contributed by atoms with Gasteiger partial charge in [0.2, 0.25) is 9.84 Å². The number of aromatic nitrogens is 1. The molecular formula is C15H7Cl2F2NO2S. The number of rotatable bonds is 2. The van der Waals surface area contributed by atoms with E-state index in [0.29, 0.717) is 0 Å². The molecule has 3 rings (SSSR count). The molecule has 0 saturated heterocycles. The highest BCUT2D eigenvalue weighted by atomic mass is 35.5. The Morgan fingerprint density at radius 2 is 1.65 bits per heavy atom. The number of halogens is 4. The van der Waals surface area contributed by atoms with Crippen molar-refractivity contribution < 1.29 is 17.2 Å². The second-order valence-corrected chi connectivity index (χ2v) is 7.38. The summed E-state index contributed by atoms with van der Waals surface area (Å²) in [4.78, 5) is 3.53. The van der Waals surface area contributed by atoms with Gasteiger partial charge in [-0.05, 0) is 36.4 Å². The van der Waals surface area contributed by atoms with E-state index in [9.17, 15) is 17.2 Å². The van der Waals surface area contributed by atoms with E-state index < -0.39 is 21.5 Å². The molecule has 0 fully saturated rings. The fraction of sp³-hybridized carbons (Fsp3) is 0. The van der Waals surface area contributed by atoms with Gasteiger partial charge in [-0.25, -0.2) is 17.2 Å². The highest BCUT2D eigenvalue weighted by Gasteiger charge is 2.23. The Morgan fingerprint density at radius 3 is 2.30 bits per heavy atom. The summed E-state index contributed by atoms with van der Waals surface area (Å²) in [5.74, 6) is -1.30. The first-order valence-electron chi connectivity index (χ1n) is 6.24. The Hall–Kier alpha value is -1.76. The van der Waals surface area contributed by atoms with Gasteiger partial charge >= 0.3 is 0 Å². The molecule has 1 aromatic heterocycles. The molecule has 0 aliphatic carbocycles. The molecule has 8 heteroatoms. The van der Waals surface area contributed by atoms with Gasteiger partial charge in [0, 0.05) is 11.6 Å². The van der Waals surface area contributed by atoms with E-state index in [-0.39, 0.29) is 30.7 Å². The fourth-order valence-corrected chi connectivity index (χ4v) is 4.01. The minimum atomic E-state index is -4.02. The Labute approximate surface area is 140 Å². The van der Waals surface area contributed by atoms with Crippen molar-refractivity contribution in [2.24, 2.45) is 0 Å². The van der Waals surface area contributed by atoms with Crippen LogP contribution < -0.4 is 0 Å². The van der Waals surface area contributed by atoms with E-state index in [0.717, 1.165) is 36.5 Å². The van der Waals surface area contributed by atoms with Crippen LogP contribution in [0.3, 0.4) is 0 Å². The first kappa shape index (κ1) is 16.1. The van der Waals surface area contributed by atoms with E-state index in [1.165, 1.54) is 6.07 Å². The molecule has 3 nitrogen and oxygen atoms in total. The van der Waals surface area contributed by atoms with Crippen LogP contribution in [-0.4, -0.2) is 13.4 Å². The van der Waals surface area contributed by atoms with Gasteiger partial charge in [-0.3, -0.25) is 4.98 Å². The van der Waals surface area contributed by atoms with Crippen molar-refractivity contribution >= 4 is 43.9 Å². The zero-order chi connectivity index (χ0) is 16.8. The fourth-order valence-electron chi connectivity index (χ4n) is 2.06. The van der Waals surface area contributed by atoms with Crippen molar-refractivity contribution in [3.63, 3.8) is 0 Å². The maximum Gasteiger partial charge on any atom is 0.209 e. The summed E-state index contributed by atoms with van der Waals surface area (Å²) < 4.78 is 51.8. The summed E-state index contributed by atoms with van der Waals surface area (Å²) in [7, 11) is -4.02. The topological polar surface area (TPSA) is 47.0 Å². The van der Waals surface area contributed by atoms with E-state index in [2.05, 4.69) is 4.98 Å². The van der Waals surface area contributed by atoms with E-state index in [1.54, 1.807) is 0 Å². The Balaban J connectivity index is 2.25. The Kier molecular flexibility index (Phi) is 4.00. The summed E-state index contributed by atoms with van der Waals surface area (Å²) in [5, 5.41) is -0.193. The van der Waals surface area contributed by atoms with Gasteiger partial charge in [-0.2, -0.15) is 0 Å². The Morgan fingerprint density at radius 1 is 1.00 bits per heavy atom. The number of benzene rings is 2. The predicted octanol–water partition coefficient (Wildman–Crippen LogP) is 4.65. The van der Waals surface area contributed by atoms with Crippen LogP contribution in [0.5, 0.6) is 0 Å². The van der Waals surface area contributed by atoms with Crippen molar-refractivity contribution in [3.05, 3.63) is 64.3 Å². The minimum Gasteiger partial charge on any atom is -0.255 e. The molecule has 23 heavy (non-hydrogen) atoms. The molecule has 0 N–H and O–H groups in total. The van der Waals surface area contributed by atoms with Crippen LogP contribution in [0.25, 0.3) is 10.9 Å². The monoisotopic (exact) mass is 373 g/mol. The van der Waals surface area contributed by atoms with Crippen molar-refractivity contribution in [1.29, 1.82) is 0 Å². The number of fused-ring (bicyclic) bond motifs is 1. The van der Waals surface area contributed by atoms with E-state index in [4.69, 9.17) is 23.2 Å². The second kappa shape index (κ2) is 5.70. The number of pyridine rings is 1. The molecule has 0 bridgehead atoms. The summed E-state index contributed by atoms with van der Waals surface area (Å²) in [6.07, 6.45) is 1.07. The molecular weight excluding hydrogens is 367 g/mol. The summed E-state index contributed by atoms with van der Waals surface area (Å²) in [6, 6.07) is 6.56. The van der Waals surface area contributed by atoms with Crippen LogP contribution in [0.4, 0.5) is 8.78 Å². The molecule has 0 amide bonds. The molecule has 0 radical (unpaired) electrons. The number of hydrogen-bond donors (Lipinski definition) is 0. The van der Waals surface area contributed by atoms with Crippen LogP contribution >= 0.6 is 23.2 Å². The average Bonchev–Trinajstić information content (AvgIpc) is 2.50. The molecule has 0 spiro atoms. The third-order valence-electron chi connectivity index (χ3n) is 3.23. The lowest BCUT2D eigenvalue weighted by Crippen LogP contribution is -2.04. The molecule has 0 saturated carbocycles. The first-order chi connectivity index (χ1) is 10.8. The molecule has 1 heterocycles. The first-order valence-corrected chi connectivity index (χ1v) is 8.48. The number of hydrogen-bond acceptors (Lipinski definition) is 3. The maximum atomic E-state index is 13.6. The summed E-state index contributed by atoms with van der Waals surface area (Å²) >= 11 is 11.8. The normalized spacial score (nSPS) is 11.8. The largest absolute Gasteiger partial charge is 0.255 e. The average molecular weight is 374 g/mol. The summed E-state index contributed by atoms with van der Waals surface area (Å²) in [6.45, 7) is 0. The lowest BCUT2D eigenvalue weighted by Gasteiger charge is -2.09. The van der Waals surface area contributed by atoms with Gasteiger partial charge in [-0.1, -0.05) is 23.2 Å². The van der Waals surface area contributed by atoms with Crippen LogP contribution in [0, 0.1) is 11.6 Å². The molecule has 2 aromatic carbocycles. The number of nitrogens with zero attached hydrogens (tertiary/aromatic N) is 1. The molecule has 0 aliphatic heterocycles. The third-order valence-corrected chi connectivity index (χ3v) is 5.82. The van der Waals surface area contributed by atoms with Crippen molar-refractivity contribution in [2.45, 2.75) is 9.79 Å². The van der Waals surface area contributed by atoms with Crippen molar-refractivity contribution in [1.82, 2.24) is 4.98 Å². The van der Waals surface area contributed by atoms with Crippen LogP contribution in [-0.2, 0) is 9.84 Å². The van der Waals surface area contributed by atoms with Gasteiger partial charge in [0.1, 0.15) is 16.5 Å². The SMILES string of the molecule is O=S(=O)(c1ccc(F)cc1)c1cnc2cc(Cl)c(F)cc2c1Cl. The lowest BCUT2D eigenvalue weighted by molar-refractivity contribution is 0.594. The van der Waals surface area contributed by atoms with Crippen LogP contribution in [0.2, 0.25) is 10.0 Å². The maximum absolute atomic E-state index is 13.6. The molecule has 3 aromatic rings. The van der Waals surface area contributed by atoms with Gasteiger partial charge in [0.25, 0.3) is 0 Å². The molecule has 0 unspecified atom stereocenters. The van der Waals surface area contributed by atoms with Crippen molar-refractivity contribution in [2.75, 3.05) is 0 Å². The van der Waals surface area contributed by atoms with Crippen LogP contribution in [0.15, 0.2) is 52.4 Å². The molecule has 118 valence electrons. The zero-order valence-corrected chi connectivity index (χ0v) is 13.6. The van der Waals surface area contributed by atoms with Gasteiger partial charge < -0.3 is 0 Å². The van der Waals surface area contributed by atoms with E-state index >= 15 is 0 Å². The lowest BCUT2D eigenvalue weighted by atomic mass is 10.2.